The number of nitrogens with zero attached hydrogens (tertiary/aromatic N) is 2. The van der Waals surface area contributed by atoms with Crippen LogP contribution in [0.1, 0.15) is 38.7 Å². The van der Waals surface area contributed by atoms with E-state index in [0.717, 1.165) is 30.2 Å². The van der Waals surface area contributed by atoms with Crippen molar-refractivity contribution in [2.24, 2.45) is 5.73 Å². The monoisotopic (exact) mass is 222 g/mol. The third-order valence-electron chi connectivity index (χ3n) is 2.35. The highest BCUT2D eigenvalue weighted by atomic mass is 15.0. The largest absolute Gasteiger partial charge is 0.382 e. The van der Waals surface area contributed by atoms with Gasteiger partial charge in [0.25, 0.3) is 0 Å². The molecule has 0 amide bonds. The summed E-state index contributed by atoms with van der Waals surface area (Å²) in [6, 6.07) is 0. The molecule has 0 saturated carbocycles. The summed E-state index contributed by atoms with van der Waals surface area (Å²) < 4.78 is 0. The number of hydrogen-bond acceptors (Lipinski definition) is 4. The molecule has 0 fully saturated rings. The van der Waals surface area contributed by atoms with Crippen molar-refractivity contribution >= 4 is 5.69 Å². The van der Waals surface area contributed by atoms with E-state index in [1.165, 1.54) is 0 Å². The van der Waals surface area contributed by atoms with Gasteiger partial charge in [0, 0.05) is 12.0 Å². The summed E-state index contributed by atoms with van der Waals surface area (Å²) in [6.07, 6.45) is 2.82. The first-order chi connectivity index (χ1) is 7.45. The maximum Gasteiger partial charge on any atom is 0.134 e. The molecule has 90 valence electrons. The van der Waals surface area contributed by atoms with Crippen LogP contribution >= 0.6 is 0 Å². The quantitative estimate of drug-likeness (QED) is 0.763. The second-order valence-electron chi connectivity index (χ2n) is 5.01. The van der Waals surface area contributed by atoms with Crippen molar-refractivity contribution in [2.45, 2.75) is 39.5 Å². The van der Waals surface area contributed by atoms with Crippen molar-refractivity contribution in [3.63, 3.8) is 0 Å². The Bertz CT molecular complexity index is 341. The van der Waals surface area contributed by atoms with E-state index in [2.05, 4.69) is 36.1 Å². The summed E-state index contributed by atoms with van der Waals surface area (Å²) in [6.45, 7) is 9.92. The maximum atomic E-state index is 5.44. The fraction of sp³-hybridized carbons (Fsp3) is 0.667. The molecule has 0 atom stereocenters. The molecule has 0 aliphatic carbocycles. The highest BCUT2D eigenvalue weighted by Gasteiger charge is 2.17. The Balaban J connectivity index is 2.76. The second-order valence-corrected chi connectivity index (χ2v) is 5.01. The molecule has 0 aliphatic rings. The van der Waals surface area contributed by atoms with Crippen molar-refractivity contribution in [3.8, 4) is 0 Å². The second kappa shape index (κ2) is 5.25. The summed E-state index contributed by atoms with van der Waals surface area (Å²) in [5, 5.41) is 3.29. The molecule has 0 radical (unpaired) electrons. The fourth-order valence-corrected chi connectivity index (χ4v) is 1.33. The summed E-state index contributed by atoms with van der Waals surface area (Å²) >= 11 is 0. The van der Waals surface area contributed by atoms with Gasteiger partial charge in [0.1, 0.15) is 5.82 Å². The van der Waals surface area contributed by atoms with Gasteiger partial charge in [-0.2, -0.15) is 0 Å². The Morgan fingerprint density at radius 2 is 2.06 bits per heavy atom. The third-order valence-corrected chi connectivity index (χ3v) is 2.35. The van der Waals surface area contributed by atoms with Crippen LogP contribution in [0.2, 0.25) is 0 Å². The molecule has 0 saturated heterocycles. The van der Waals surface area contributed by atoms with Crippen LogP contribution in [0.3, 0.4) is 0 Å². The van der Waals surface area contributed by atoms with Gasteiger partial charge in [-0.15, -0.1) is 0 Å². The summed E-state index contributed by atoms with van der Waals surface area (Å²) in [4.78, 5) is 8.90. The zero-order chi connectivity index (χ0) is 12.2. The number of nitrogens with two attached hydrogens (primary N) is 1. The normalized spacial score (nSPS) is 11.6. The van der Waals surface area contributed by atoms with E-state index in [9.17, 15) is 0 Å². The zero-order valence-electron chi connectivity index (χ0n) is 10.7. The average Bonchev–Trinajstić information content (AvgIpc) is 2.19. The van der Waals surface area contributed by atoms with Crippen LogP contribution in [-0.2, 0) is 5.41 Å². The SMILES string of the molecule is Cc1nc(C(C)(C)C)ncc1NCCCN. The Hall–Kier alpha value is -1.16. The molecule has 4 heteroatoms. The minimum absolute atomic E-state index is 0.000544. The van der Waals surface area contributed by atoms with Crippen molar-refractivity contribution < 1.29 is 0 Å². The standard InChI is InChI=1S/C12H22N4/c1-9-10(14-7-5-6-13)8-15-11(16-9)12(2,3)4/h8,14H,5-7,13H2,1-4H3. The van der Waals surface area contributed by atoms with E-state index in [0.29, 0.717) is 6.54 Å². The Morgan fingerprint density at radius 1 is 1.38 bits per heavy atom. The lowest BCUT2D eigenvalue weighted by Crippen LogP contribution is -2.17. The highest BCUT2D eigenvalue weighted by molar-refractivity contribution is 5.45. The molecular formula is C12H22N4. The lowest BCUT2D eigenvalue weighted by atomic mass is 9.95. The highest BCUT2D eigenvalue weighted by Crippen LogP contribution is 2.20. The Kier molecular flexibility index (Phi) is 4.24. The molecule has 0 aromatic carbocycles. The van der Waals surface area contributed by atoms with Crippen LogP contribution < -0.4 is 11.1 Å². The minimum atomic E-state index is 0.000544. The van der Waals surface area contributed by atoms with Gasteiger partial charge in [0.05, 0.1) is 17.6 Å². The van der Waals surface area contributed by atoms with Crippen LogP contribution in [-0.4, -0.2) is 23.1 Å². The van der Waals surface area contributed by atoms with E-state index >= 15 is 0 Å². The molecule has 1 heterocycles. The van der Waals surface area contributed by atoms with Crippen LogP contribution in [0.25, 0.3) is 0 Å². The molecule has 0 bridgehead atoms. The number of rotatable bonds is 4. The van der Waals surface area contributed by atoms with Gasteiger partial charge >= 0.3 is 0 Å². The molecular weight excluding hydrogens is 200 g/mol. The third kappa shape index (κ3) is 3.45. The van der Waals surface area contributed by atoms with E-state index in [4.69, 9.17) is 5.73 Å². The van der Waals surface area contributed by atoms with Gasteiger partial charge in [-0.25, -0.2) is 9.97 Å². The topological polar surface area (TPSA) is 63.8 Å². The van der Waals surface area contributed by atoms with Gasteiger partial charge < -0.3 is 11.1 Å². The van der Waals surface area contributed by atoms with Crippen molar-refractivity contribution in [2.75, 3.05) is 18.4 Å². The van der Waals surface area contributed by atoms with E-state index in [1.54, 1.807) is 0 Å². The zero-order valence-corrected chi connectivity index (χ0v) is 10.7. The van der Waals surface area contributed by atoms with Gasteiger partial charge in [0.2, 0.25) is 0 Å². The lowest BCUT2D eigenvalue weighted by Gasteiger charge is -2.18. The van der Waals surface area contributed by atoms with Crippen LogP contribution in [0.4, 0.5) is 5.69 Å². The number of aryl methyl sites for hydroxylation is 1. The lowest BCUT2D eigenvalue weighted by molar-refractivity contribution is 0.543. The van der Waals surface area contributed by atoms with Crippen LogP contribution in [0, 0.1) is 6.92 Å². The molecule has 0 aliphatic heterocycles. The number of aromatic nitrogens is 2. The van der Waals surface area contributed by atoms with Crippen LogP contribution in [0.5, 0.6) is 0 Å². The van der Waals surface area contributed by atoms with Crippen molar-refractivity contribution in [1.82, 2.24) is 9.97 Å². The first-order valence-electron chi connectivity index (χ1n) is 5.73. The number of nitrogens with one attached hydrogen (secondary N) is 1. The molecule has 16 heavy (non-hydrogen) atoms. The Labute approximate surface area is 97.7 Å². The van der Waals surface area contributed by atoms with Crippen molar-refractivity contribution in [1.29, 1.82) is 0 Å². The first-order valence-corrected chi connectivity index (χ1v) is 5.73. The molecule has 1 aromatic heterocycles. The van der Waals surface area contributed by atoms with E-state index < -0.39 is 0 Å². The average molecular weight is 222 g/mol. The summed E-state index contributed by atoms with van der Waals surface area (Å²) in [5.74, 6) is 0.884. The Morgan fingerprint density at radius 3 is 2.56 bits per heavy atom. The number of hydrogen-bond donors (Lipinski definition) is 2. The molecule has 1 rings (SSSR count). The van der Waals surface area contributed by atoms with Gasteiger partial charge in [-0.1, -0.05) is 20.8 Å². The van der Waals surface area contributed by atoms with Gasteiger partial charge in [-0.3, -0.25) is 0 Å². The molecule has 1 aromatic rings. The smallest absolute Gasteiger partial charge is 0.134 e. The molecule has 4 nitrogen and oxygen atoms in total. The molecule has 0 unspecified atom stereocenters. The maximum absolute atomic E-state index is 5.44. The van der Waals surface area contributed by atoms with E-state index in [1.807, 2.05) is 13.1 Å². The van der Waals surface area contributed by atoms with Crippen LogP contribution in [0.15, 0.2) is 6.20 Å². The van der Waals surface area contributed by atoms with E-state index in [-0.39, 0.29) is 5.41 Å². The molecule has 3 N–H and O–H groups in total. The first kappa shape index (κ1) is 12.9. The minimum Gasteiger partial charge on any atom is -0.382 e. The fourth-order valence-electron chi connectivity index (χ4n) is 1.33. The van der Waals surface area contributed by atoms with Crippen molar-refractivity contribution in [3.05, 3.63) is 17.7 Å². The molecule has 0 spiro atoms. The van der Waals surface area contributed by atoms with Gasteiger partial charge in [0.15, 0.2) is 0 Å². The predicted octanol–water partition coefficient (Wildman–Crippen LogP) is 1.84. The number of anilines is 1. The summed E-state index contributed by atoms with van der Waals surface area (Å²) in [7, 11) is 0. The summed E-state index contributed by atoms with van der Waals surface area (Å²) in [5.41, 5.74) is 7.44. The van der Waals surface area contributed by atoms with Gasteiger partial charge in [-0.05, 0) is 19.9 Å². The predicted molar refractivity (Wildman–Crippen MR) is 67.6 cm³/mol.